The van der Waals surface area contributed by atoms with Crippen molar-refractivity contribution in [1.29, 1.82) is 0 Å². The summed E-state index contributed by atoms with van der Waals surface area (Å²) in [5, 5.41) is 0. The molecular formula is C25H25N3O2. The molecule has 3 aromatic carbocycles. The summed E-state index contributed by atoms with van der Waals surface area (Å²) in [7, 11) is 3.48. The van der Waals surface area contributed by atoms with Crippen LogP contribution in [0.2, 0.25) is 0 Å². The van der Waals surface area contributed by atoms with Crippen molar-refractivity contribution in [2.75, 3.05) is 14.2 Å². The van der Waals surface area contributed by atoms with E-state index in [1.165, 1.54) is 0 Å². The molecule has 0 aliphatic heterocycles. The molecular weight excluding hydrogens is 374 g/mol. The summed E-state index contributed by atoms with van der Waals surface area (Å²) in [6.07, 6.45) is 0.974. The van der Waals surface area contributed by atoms with Gasteiger partial charge >= 0.3 is 0 Å². The number of fused-ring (bicyclic) bond motifs is 1. The van der Waals surface area contributed by atoms with Gasteiger partial charge in [0.1, 0.15) is 11.6 Å². The van der Waals surface area contributed by atoms with E-state index in [4.69, 9.17) is 9.72 Å². The normalized spacial score (nSPS) is 10.9. The number of hydrogen-bond acceptors (Lipinski definition) is 3. The minimum Gasteiger partial charge on any atom is -0.497 e. The predicted octanol–water partition coefficient (Wildman–Crippen LogP) is 4.63. The van der Waals surface area contributed by atoms with Gasteiger partial charge in [-0.1, -0.05) is 42.5 Å². The molecule has 0 aliphatic carbocycles. The largest absolute Gasteiger partial charge is 0.497 e. The van der Waals surface area contributed by atoms with E-state index in [0.717, 1.165) is 33.9 Å². The van der Waals surface area contributed by atoms with Crippen molar-refractivity contribution in [3.8, 4) is 11.4 Å². The van der Waals surface area contributed by atoms with Crippen LogP contribution in [-0.4, -0.2) is 34.5 Å². The lowest BCUT2D eigenvalue weighted by molar-refractivity contribution is -0.130. The van der Waals surface area contributed by atoms with E-state index in [1.807, 2.05) is 67.7 Å². The van der Waals surface area contributed by atoms with Crippen LogP contribution in [0, 0.1) is 0 Å². The summed E-state index contributed by atoms with van der Waals surface area (Å²) in [4.78, 5) is 19.4. The third-order valence-corrected chi connectivity index (χ3v) is 5.19. The molecule has 5 nitrogen and oxygen atoms in total. The maximum atomic E-state index is 12.8. The molecule has 4 aromatic rings. The monoisotopic (exact) mass is 399 g/mol. The first kappa shape index (κ1) is 19.7. The number of nitrogens with zero attached hydrogens (tertiary/aromatic N) is 3. The molecule has 4 rings (SSSR count). The first-order valence-corrected chi connectivity index (χ1v) is 10.0. The number of methoxy groups -OCH3 is 1. The Hall–Kier alpha value is -3.60. The fraction of sp³-hybridized carbons (Fsp3) is 0.200. The van der Waals surface area contributed by atoms with Crippen molar-refractivity contribution in [3.05, 3.63) is 90.3 Å². The minimum absolute atomic E-state index is 0.0875. The predicted molar refractivity (Wildman–Crippen MR) is 119 cm³/mol. The number of para-hydroxylation sites is 3. The summed E-state index contributed by atoms with van der Waals surface area (Å²) in [5.41, 5.74) is 4.09. The summed E-state index contributed by atoms with van der Waals surface area (Å²) in [6, 6.07) is 26.0. The maximum Gasteiger partial charge on any atom is 0.223 e. The Kier molecular flexibility index (Phi) is 5.80. The van der Waals surface area contributed by atoms with Crippen LogP contribution in [0.15, 0.2) is 78.9 Å². The molecule has 152 valence electrons. The van der Waals surface area contributed by atoms with Crippen LogP contribution in [0.5, 0.6) is 5.75 Å². The number of aryl methyl sites for hydroxylation is 1. The van der Waals surface area contributed by atoms with Gasteiger partial charge in [0, 0.05) is 32.1 Å². The second-order valence-corrected chi connectivity index (χ2v) is 7.29. The van der Waals surface area contributed by atoms with Gasteiger partial charge in [0.25, 0.3) is 0 Å². The van der Waals surface area contributed by atoms with Crippen molar-refractivity contribution < 1.29 is 9.53 Å². The number of ether oxygens (including phenoxy) is 1. The first-order chi connectivity index (χ1) is 14.7. The molecule has 0 saturated carbocycles. The fourth-order valence-electron chi connectivity index (χ4n) is 3.65. The lowest BCUT2D eigenvalue weighted by Gasteiger charge is -2.18. The summed E-state index contributed by atoms with van der Waals surface area (Å²) >= 11 is 0. The number of carbonyl (C=O) groups is 1. The molecule has 0 aliphatic rings. The molecule has 1 amide bonds. The van der Waals surface area contributed by atoms with Crippen LogP contribution < -0.4 is 4.74 Å². The van der Waals surface area contributed by atoms with E-state index in [0.29, 0.717) is 19.4 Å². The number of rotatable bonds is 7. The van der Waals surface area contributed by atoms with E-state index in [9.17, 15) is 4.79 Å². The van der Waals surface area contributed by atoms with E-state index in [1.54, 1.807) is 12.0 Å². The Bertz CT molecular complexity index is 1150. The number of imidazole rings is 1. The highest BCUT2D eigenvalue weighted by Gasteiger charge is 2.15. The Morgan fingerprint density at radius 2 is 1.77 bits per heavy atom. The Morgan fingerprint density at radius 1 is 1.00 bits per heavy atom. The fourth-order valence-corrected chi connectivity index (χ4v) is 3.65. The summed E-state index contributed by atoms with van der Waals surface area (Å²) < 4.78 is 7.42. The lowest BCUT2D eigenvalue weighted by Crippen LogP contribution is -2.26. The molecule has 0 saturated heterocycles. The van der Waals surface area contributed by atoms with E-state index < -0.39 is 0 Å². The Balaban J connectivity index is 1.51. The van der Waals surface area contributed by atoms with Gasteiger partial charge in [-0.15, -0.1) is 0 Å². The van der Waals surface area contributed by atoms with Crippen LogP contribution in [0.3, 0.4) is 0 Å². The van der Waals surface area contributed by atoms with Crippen molar-refractivity contribution in [3.63, 3.8) is 0 Å². The SMILES string of the molecule is COc1cccc(CN(C)C(=O)CCc2nc3ccccc3n2-c2ccccc2)c1. The highest BCUT2D eigenvalue weighted by molar-refractivity contribution is 5.79. The van der Waals surface area contributed by atoms with Gasteiger partial charge < -0.3 is 9.64 Å². The Labute approximate surface area is 176 Å². The van der Waals surface area contributed by atoms with Gasteiger partial charge in [-0.3, -0.25) is 9.36 Å². The van der Waals surface area contributed by atoms with Crippen LogP contribution in [0.25, 0.3) is 16.7 Å². The highest BCUT2D eigenvalue weighted by atomic mass is 16.5. The van der Waals surface area contributed by atoms with E-state index in [2.05, 4.69) is 22.8 Å². The van der Waals surface area contributed by atoms with Crippen LogP contribution >= 0.6 is 0 Å². The number of aromatic nitrogens is 2. The molecule has 0 radical (unpaired) electrons. The highest BCUT2D eigenvalue weighted by Crippen LogP contribution is 2.22. The van der Waals surface area contributed by atoms with Gasteiger partial charge in [0.15, 0.2) is 0 Å². The van der Waals surface area contributed by atoms with Crippen molar-refractivity contribution in [1.82, 2.24) is 14.5 Å². The molecule has 0 N–H and O–H groups in total. The minimum atomic E-state index is 0.0875. The standard InChI is InChI=1S/C25H25N3O2/c1-27(18-19-9-8-12-21(17-19)30-2)25(29)16-15-24-26-22-13-6-7-14-23(22)28(24)20-10-4-3-5-11-20/h3-14,17H,15-16,18H2,1-2H3. The first-order valence-electron chi connectivity index (χ1n) is 10.0. The van der Waals surface area contributed by atoms with Gasteiger partial charge in [-0.25, -0.2) is 4.98 Å². The second kappa shape index (κ2) is 8.82. The van der Waals surface area contributed by atoms with Crippen molar-refractivity contribution in [2.24, 2.45) is 0 Å². The lowest BCUT2D eigenvalue weighted by atomic mass is 10.2. The zero-order chi connectivity index (χ0) is 20.9. The number of hydrogen-bond donors (Lipinski definition) is 0. The molecule has 30 heavy (non-hydrogen) atoms. The topological polar surface area (TPSA) is 47.4 Å². The van der Waals surface area contributed by atoms with Crippen LogP contribution in [0.1, 0.15) is 17.8 Å². The van der Waals surface area contributed by atoms with Crippen LogP contribution in [0.4, 0.5) is 0 Å². The van der Waals surface area contributed by atoms with Gasteiger partial charge in [0.2, 0.25) is 5.91 Å². The van der Waals surface area contributed by atoms with Gasteiger partial charge in [0.05, 0.1) is 18.1 Å². The number of amides is 1. The molecule has 0 spiro atoms. The number of carbonyl (C=O) groups excluding carboxylic acids is 1. The van der Waals surface area contributed by atoms with E-state index in [-0.39, 0.29) is 5.91 Å². The summed E-state index contributed by atoms with van der Waals surface area (Å²) in [5.74, 6) is 1.78. The van der Waals surface area contributed by atoms with E-state index >= 15 is 0 Å². The van der Waals surface area contributed by atoms with Crippen LogP contribution in [-0.2, 0) is 17.8 Å². The van der Waals surface area contributed by atoms with Crippen molar-refractivity contribution in [2.45, 2.75) is 19.4 Å². The molecule has 0 fully saturated rings. The molecule has 1 heterocycles. The molecule has 0 unspecified atom stereocenters. The maximum absolute atomic E-state index is 12.8. The summed E-state index contributed by atoms with van der Waals surface area (Å²) in [6.45, 7) is 0.547. The molecule has 0 atom stereocenters. The number of benzene rings is 3. The average Bonchev–Trinajstić information content (AvgIpc) is 3.16. The smallest absolute Gasteiger partial charge is 0.223 e. The second-order valence-electron chi connectivity index (χ2n) is 7.29. The van der Waals surface area contributed by atoms with Gasteiger partial charge in [-0.2, -0.15) is 0 Å². The quantitative estimate of drug-likeness (QED) is 0.455. The zero-order valence-corrected chi connectivity index (χ0v) is 17.3. The molecule has 5 heteroatoms. The average molecular weight is 399 g/mol. The molecule has 0 bridgehead atoms. The Morgan fingerprint density at radius 3 is 2.57 bits per heavy atom. The molecule has 1 aromatic heterocycles. The third kappa shape index (κ3) is 4.20. The van der Waals surface area contributed by atoms with Crippen molar-refractivity contribution >= 4 is 16.9 Å². The third-order valence-electron chi connectivity index (χ3n) is 5.19. The zero-order valence-electron chi connectivity index (χ0n) is 17.3. The van der Waals surface area contributed by atoms with Gasteiger partial charge in [-0.05, 0) is 42.0 Å².